The molecule has 9 heteroatoms. The number of amides is 2. The van der Waals surface area contributed by atoms with E-state index < -0.39 is 28.7 Å². The van der Waals surface area contributed by atoms with Crippen molar-refractivity contribution in [2.24, 2.45) is 5.73 Å². The van der Waals surface area contributed by atoms with Gasteiger partial charge in [0.25, 0.3) is 5.69 Å². The van der Waals surface area contributed by atoms with Crippen LogP contribution in [0.15, 0.2) is 18.2 Å². The highest BCUT2D eigenvalue weighted by molar-refractivity contribution is 5.94. The van der Waals surface area contributed by atoms with Crippen LogP contribution in [0.2, 0.25) is 0 Å². The Morgan fingerprint density at radius 2 is 1.96 bits per heavy atom. The Morgan fingerprint density at radius 1 is 1.35 bits per heavy atom. The number of nitro benzene ring substituents is 1. The quantitative estimate of drug-likeness (QED) is 0.430. The number of nitrogens with zero attached hydrogens (tertiary/aromatic N) is 1. The number of rotatable bonds is 5. The van der Waals surface area contributed by atoms with E-state index in [0.717, 1.165) is 6.07 Å². The fourth-order valence-electron chi connectivity index (χ4n) is 1.71. The minimum atomic E-state index is -0.764. The zero-order valence-electron chi connectivity index (χ0n) is 13.4. The molecular weight excluding hydrogens is 304 g/mol. The van der Waals surface area contributed by atoms with Gasteiger partial charge in [-0.2, -0.15) is 0 Å². The van der Waals surface area contributed by atoms with Crippen LogP contribution < -0.4 is 16.4 Å². The third-order valence-corrected chi connectivity index (χ3v) is 2.58. The largest absolute Gasteiger partial charge is 0.444 e. The molecule has 0 aliphatic carbocycles. The zero-order valence-corrected chi connectivity index (χ0v) is 13.4. The lowest BCUT2D eigenvalue weighted by Crippen LogP contribution is -2.41. The number of hydrogen-bond donors (Lipinski definition) is 3. The molecule has 4 N–H and O–H groups in total. The van der Waals surface area contributed by atoms with Crippen molar-refractivity contribution in [3.8, 4) is 0 Å². The molecule has 0 heterocycles. The number of nitrogens with one attached hydrogen (secondary N) is 2. The van der Waals surface area contributed by atoms with E-state index in [2.05, 4.69) is 10.6 Å². The van der Waals surface area contributed by atoms with Crippen LogP contribution in [-0.4, -0.2) is 28.7 Å². The molecule has 2 amide bonds. The zero-order chi connectivity index (χ0) is 17.8. The van der Waals surface area contributed by atoms with Crippen LogP contribution in [0.1, 0.15) is 38.1 Å². The molecule has 9 nitrogen and oxygen atoms in total. The van der Waals surface area contributed by atoms with Crippen molar-refractivity contribution in [2.45, 2.75) is 39.5 Å². The molecule has 1 aromatic rings. The van der Waals surface area contributed by atoms with Gasteiger partial charge in [0.2, 0.25) is 5.91 Å². The lowest BCUT2D eigenvalue weighted by atomic mass is 10.1. The molecule has 0 aliphatic rings. The molecule has 1 rings (SSSR count). The molecule has 0 spiro atoms. The maximum absolute atomic E-state index is 11.7. The fourth-order valence-corrected chi connectivity index (χ4v) is 1.71. The van der Waals surface area contributed by atoms with Gasteiger partial charge in [-0.1, -0.05) is 0 Å². The van der Waals surface area contributed by atoms with Crippen LogP contribution in [-0.2, 0) is 4.74 Å². The smallest absolute Gasteiger partial charge is 0.409 e. The summed E-state index contributed by atoms with van der Waals surface area (Å²) >= 11 is 0. The maximum Gasteiger partial charge on any atom is 0.409 e. The standard InChI is InChI=1S/C14H20N4O5/c1-8(17-13(20)23-14(2,3)4)16-10-6-5-9(12(15)19)7-11(10)18(21)22/h5-8,16H,1-4H3,(H2,15,19)(H,17,20). The first-order valence-corrected chi connectivity index (χ1v) is 6.84. The number of anilines is 1. The second-order valence-electron chi connectivity index (χ2n) is 5.87. The van der Waals surface area contributed by atoms with E-state index in [1.54, 1.807) is 27.7 Å². The summed E-state index contributed by atoms with van der Waals surface area (Å²) in [5.74, 6) is -0.764. The van der Waals surface area contributed by atoms with Gasteiger partial charge in [0, 0.05) is 11.6 Å². The van der Waals surface area contributed by atoms with E-state index in [1.165, 1.54) is 12.1 Å². The van der Waals surface area contributed by atoms with Gasteiger partial charge in [-0.3, -0.25) is 14.9 Å². The van der Waals surface area contributed by atoms with E-state index >= 15 is 0 Å². The van der Waals surface area contributed by atoms with Gasteiger partial charge in [-0.05, 0) is 39.8 Å². The van der Waals surface area contributed by atoms with E-state index in [9.17, 15) is 19.7 Å². The number of benzene rings is 1. The summed E-state index contributed by atoms with van der Waals surface area (Å²) < 4.78 is 5.09. The summed E-state index contributed by atoms with van der Waals surface area (Å²) in [5, 5.41) is 16.4. The Hall–Kier alpha value is -2.84. The van der Waals surface area contributed by atoms with Gasteiger partial charge >= 0.3 is 6.09 Å². The number of nitrogens with two attached hydrogens (primary N) is 1. The lowest BCUT2D eigenvalue weighted by molar-refractivity contribution is -0.384. The molecule has 0 fully saturated rings. The summed E-state index contributed by atoms with van der Waals surface area (Å²) in [6.45, 7) is 6.75. The minimum absolute atomic E-state index is 0.0232. The predicted octanol–water partition coefficient (Wildman–Crippen LogP) is 1.98. The Kier molecular flexibility index (Phi) is 5.50. The average Bonchev–Trinajstić information content (AvgIpc) is 2.35. The monoisotopic (exact) mass is 324 g/mol. The van der Waals surface area contributed by atoms with Crippen LogP contribution in [0, 0.1) is 10.1 Å². The third kappa shape index (κ3) is 5.81. The van der Waals surface area contributed by atoms with Gasteiger partial charge in [0.05, 0.1) is 11.1 Å². The second kappa shape index (κ2) is 6.95. The van der Waals surface area contributed by atoms with E-state index in [1.807, 2.05) is 0 Å². The van der Waals surface area contributed by atoms with Gasteiger partial charge in [-0.25, -0.2) is 4.79 Å². The number of primary amides is 1. The van der Waals surface area contributed by atoms with Crippen molar-refractivity contribution >= 4 is 23.4 Å². The molecule has 0 aliphatic heterocycles. The topological polar surface area (TPSA) is 137 Å². The molecule has 23 heavy (non-hydrogen) atoms. The van der Waals surface area contributed by atoms with Gasteiger partial charge in [-0.15, -0.1) is 0 Å². The van der Waals surface area contributed by atoms with Gasteiger partial charge in [0.1, 0.15) is 11.3 Å². The highest BCUT2D eigenvalue weighted by Gasteiger charge is 2.20. The number of hydrogen-bond acceptors (Lipinski definition) is 6. The Labute approximate surface area is 133 Å². The number of nitro groups is 1. The van der Waals surface area contributed by atoms with E-state index in [0.29, 0.717) is 0 Å². The van der Waals surface area contributed by atoms with Crippen molar-refractivity contribution in [2.75, 3.05) is 5.32 Å². The highest BCUT2D eigenvalue weighted by Crippen LogP contribution is 2.25. The first-order chi connectivity index (χ1) is 10.5. The molecule has 1 atom stereocenters. The van der Waals surface area contributed by atoms with Crippen molar-refractivity contribution in [1.29, 1.82) is 0 Å². The normalized spacial score (nSPS) is 12.2. The van der Waals surface area contributed by atoms with Gasteiger partial charge in [0.15, 0.2) is 0 Å². The number of carbonyl (C=O) groups excluding carboxylic acids is 2. The predicted molar refractivity (Wildman–Crippen MR) is 84.1 cm³/mol. The number of alkyl carbamates (subject to hydrolysis) is 1. The van der Waals surface area contributed by atoms with Gasteiger partial charge < -0.3 is 21.1 Å². The first kappa shape index (κ1) is 18.2. The van der Waals surface area contributed by atoms with Crippen LogP contribution in [0.3, 0.4) is 0 Å². The van der Waals surface area contributed by atoms with Crippen molar-refractivity contribution in [3.05, 3.63) is 33.9 Å². The second-order valence-corrected chi connectivity index (χ2v) is 5.87. The lowest BCUT2D eigenvalue weighted by Gasteiger charge is -2.22. The SMILES string of the molecule is CC(NC(=O)OC(C)(C)C)Nc1ccc(C(N)=O)cc1[N+](=O)[O-]. The van der Waals surface area contributed by atoms with Crippen LogP contribution in [0.4, 0.5) is 16.2 Å². The average molecular weight is 324 g/mol. The fraction of sp³-hybridized carbons (Fsp3) is 0.429. The summed E-state index contributed by atoms with van der Waals surface area (Å²) in [6, 6.07) is 3.79. The Balaban J connectivity index is 2.85. The first-order valence-electron chi connectivity index (χ1n) is 6.84. The molecule has 0 aromatic heterocycles. The molecule has 126 valence electrons. The number of ether oxygens (including phenoxy) is 1. The molecule has 0 saturated heterocycles. The summed E-state index contributed by atoms with van der Waals surface area (Å²) in [6.07, 6.45) is -1.29. The molecule has 1 unspecified atom stereocenters. The summed E-state index contributed by atoms with van der Waals surface area (Å²) in [5.41, 5.74) is 4.29. The Morgan fingerprint density at radius 3 is 2.43 bits per heavy atom. The van der Waals surface area contributed by atoms with E-state index in [4.69, 9.17) is 10.5 Å². The maximum atomic E-state index is 11.7. The molecule has 0 saturated carbocycles. The minimum Gasteiger partial charge on any atom is -0.444 e. The van der Waals surface area contributed by atoms with Crippen molar-refractivity contribution in [1.82, 2.24) is 5.32 Å². The number of carbonyl (C=O) groups is 2. The molecular formula is C14H20N4O5. The van der Waals surface area contributed by atoms with Crippen LogP contribution in [0.25, 0.3) is 0 Å². The van der Waals surface area contributed by atoms with Crippen molar-refractivity contribution in [3.63, 3.8) is 0 Å². The van der Waals surface area contributed by atoms with Crippen LogP contribution in [0.5, 0.6) is 0 Å². The highest BCUT2D eigenvalue weighted by atomic mass is 16.6. The van der Waals surface area contributed by atoms with Crippen molar-refractivity contribution < 1.29 is 19.2 Å². The summed E-state index contributed by atoms with van der Waals surface area (Å²) in [7, 11) is 0. The molecule has 1 aromatic carbocycles. The van der Waals surface area contributed by atoms with Crippen LogP contribution >= 0.6 is 0 Å². The summed E-state index contributed by atoms with van der Waals surface area (Å²) in [4.78, 5) is 33.2. The molecule has 0 radical (unpaired) electrons. The third-order valence-electron chi connectivity index (χ3n) is 2.58. The molecule has 0 bridgehead atoms. The van der Waals surface area contributed by atoms with E-state index in [-0.39, 0.29) is 16.9 Å². The Bertz CT molecular complexity index is 624.